The molecule has 0 aliphatic heterocycles. The van der Waals surface area contributed by atoms with Gasteiger partial charge in [0.25, 0.3) is 0 Å². The highest BCUT2D eigenvalue weighted by atomic mass is 32.1. The molecule has 3 heterocycles. The van der Waals surface area contributed by atoms with E-state index in [1.54, 1.807) is 0 Å². The van der Waals surface area contributed by atoms with Gasteiger partial charge in [-0.1, -0.05) is 127 Å². The summed E-state index contributed by atoms with van der Waals surface area (Å²) in [6.07, 6.45) is 0. The molecule has 0 aliphatic carbocycles. The van der Waals surface area contributed by atoms with Gasteiger partial charge in [0.05, 0.1) is 5.69 Å². The quantitative estimate of drug-likeness (QED) is 0.169. The van der Waals surface area contributed by atoms with Crippen molar-refractivity contribution in [3.8, 4) is 33.4 Å². The van der Waals surface area contributed by atoms with Crippen LogP contribution in [0.2, 0.25) is 0 Å². The molecule has 0 N–H and O–H groups in total. The van der Waals surface area contributed by atoms with Crippen LogP contribution < -0.4 is 4.90 Å². The van der Waals surface area contributed by atoms with Crippen LogP contribution in [0.5, 0.6) is 0 Å². The van der Waals surface area contributed by atoms with E-state index in [-0.39, 0.29) is 0 Å². The second-order valence-corrected chi connectivity index (χ2v) is 15.9. The van der Waals surface area contributed by atoms with Crippen molar-refractivity contribution in [3.05, 3.63) is 200 Å². The molecule has 0 radical (unpaired) electrons. The second-order valence-electron chi connectivity index (χ2n) is 14.9. The van der Waals surface area contributed by atoms with Gasteiger partial charge in [-0.25, -0.2) is 0 Å². The van der Waals surface area contributed by atoms with E-state index in [1.165, 1.54) is 31.3 Å². The molecule has 58 heavy (non-hydrogen) atoms. The Hall–Kier alpha value is -7.40. The first kappa shape index (κ1) is 32.8. The topological polar surface area (TPSA) is 29.5 Å². The predicted octanol–water partition coefficient (Wildman–Crippen LogP) is 16.3. The summed E-state index contributed by atoms with van der Waals surface area (Å²) in [6.45, 7) is 0. The molecule has 0 saturated heterocycles. The lowest BCUT2D eigenvalue weighted by atomic mass is 9.98. The Morgan fingerprint density at radius 2 is 0.862 bits per heavy atom. The lowest BCUT2D eigenvalue weighted by Crippen LogP contribution is -2.11. The molecule has 0 amide bonds. The van der Waals surface area contributed by atoms with E-state index in [4.69, 9.17) is 8.83 Å². The summed E-state index contributed by atoms with van der Waals surface area (Å²) in [5.41, 5.74) is 13.4. The van der Waals surface area contributed by atoms with Crippen molar-refractivity contribution in [1.82, 2.24) is 0 Å². The normalized spacial score (nSPS) is 11.8. The van der Waals surface area contributed by atoms with E-state index in [0.29, 0.717) is 0 Å². The van der Waals surface area contributed by atoms with Crippen molar-refractivity contribution < 1.29 is 8.83 Å². The van der Waals surface area contributed by atoms with Crippen LogP contribution in [0.25, 0.3) is 97.4 Å². The van der Waals surface area contributed by atoms with Crippen molar-refractivity contribution in [1.29, 1.82) is 0 Å². The van der Waals surface area contributed by atoms with Crippen LogP contribution in [0, 0.1) is 0 Å². The number of benzene rings is 9. The molecular formula is C54H33NO2S. The van der Waals surface area contributed by atoms with Gasteiger partial charge >= 0.3 is 0 Å². The third-order valence-corrected chi connectivity index (χ3v) is 12.7. The van der Waals surface area contributed by atoms with E-state index < -0.39 is 0 Å². The van der Waals surface area contributed by atoms with Gasteiger partial charge in [0, 0.05) is 58.7 Å². The average molecular weight is 760 g/mol. The molecule has 3 aromatic heterocycles. The van der Waals surface area contributed by atoms with Crippen LogP contribution in [-0.4, -0.2) is 0 Å². The second kappa shape index (κ2) is 13.1. The number of thiophene rings is 1. The molecule has 9 aromatic carbocycles. The molecule has 0 bridgehead atoms. The van der Waals surface area contributed by atoms with Crippen LogP contribution in [0.4, 0.5) is 17.1 Å². The van der Waals surface area contributed by atoms with Gasteiger partial charge in [0.2, 0.25) is 0 Å². The van der Waals surface area contributed by atoms with E-state index in [0.717, 1.165) is 83.2 Å². The maximum atomic E-state index is 6.84. The number of nitrogens with zero attached hydrogens (tertiary/aromatic N) is 1. The summed E-state index contributed by atoms with van der Waals surface area (Å²) in [6, 6.07) is 71.5. The van der Waals surface area contributed by atoms with Gasteiger partial charge in [-0.2, -0.15) is 0 Å². The Balaban J connectivity index is 1.04. The molecule has 0 fully saturated rings. The number of anilines is 3. The van der Waals surface area contributed by atoms with Crippen molar-refractivity contribution in [2.24, 2.45) is 0 Å². The van der Waals surface area contributed by atoms with E-state index in [2.05, 4.69) is 187 Å². The molecule has 272 valence electrons. The van der Waals surface area contributed by atoms with E-state index in [9.17, 15) is 0 Å². The molecule has 12 aromatic rings. The first-order chi connectivity index (χ1) is 28.7. The molecule has 4 heteroatoms. The number of fused-ring (bicyclic) bond motifs is 9. The highest BCUT2D eigenvalue weighted by Gasteiger charge is 2.24. The molecule has 0 aliphatic rings. The van der Waals surface area contributed by atoms with Crippen molar-refractivity contribution in [2.75, 3.05) is 4.90 Å². The number of hydrogen-bond acceptors (Lipinski definition) is 4. The first-order valence-electron chi connectivity index (χ1n) is 19.6. The minimum atomic E-state index is 0.850. The third-order valence-electron chi connectivity index (χ3n) is 11.5. The van der Waals surface area contributed by atoms with E-state index >= 15 is 0 Å². The van der Waals surface area contributed by atoms with Crippen molar-refractivity contribution >= 4 is 92.4 Å². The molecule has 3 nitrogen and oxygen atoms in total. The Bertz CT molecular complexity index is 3340. The van der Waals surface area contributed by atoms with Crippen LogP contribution in [0.1, 0.15) is 0 Å². The summed E-state index contributed by atoms with van der Waals surface area (Å²) < 4.78 is 15.6. The van der Waals surface area contributed by atoms with E-state index in [1.807, 2.05) is 29.5 Å². The Kier molecular flexibility index (Phi) is 7.40. The maximum absolute atomic E-state index is 6.84. The largest absolute Gasteiger partial charge is 0.456 e. The fourth-order valence-electron chi connectivity index (χ4n) is 8.67. The minimum Gasteiger partial charge on any atom is -0.456 e. The number of para-hydroxylation sites is 2. The van der Waals surface area contributed by atoms with Crippen molar-refractivity contribution in [3.63, 3.8) is 0 Å². The van der Waals surface area contributed by atoms with Crippen molar-refractivity contribution in [2.45, 2.75) is 0 Å². The smallest absolute Gasteiger partial charge is 0.160 e. The number of furan rings is 2. The lowest BCUT2D eigenvalue weighted by Gasteiger charge is -2.28. The Labute approximate surface area is 338 Å². The summed E-state index contributed by atoms with van der Waals surface area (Å²) in [4.78, 5) is 2.36. The summed E-state index contributed by atoms with van der Waals surface area (Å²) >= 11 is 1.85. The van der Waals surface area contributed by atoms with Gasteiger partial charge in [-0.15, -0.1) is 11.3 Å². The summed E-state index contributed by atoms with van der Waals surface area (Å²) in [5.74, 6) is 0. The fraction of sp³-hybridized carbons (Fsp3) is 0. The van der Waals surface area contributed by atoms with Gasteiger partial charge in [0.15, 0.2) is 5.58 Å². The molecule has 0 atom stereocenters. The highest BCUT2D eigenvalue weighted by Crippen LogP contribution is 2.48. The molecule has 12 rings (SSSR count). The lowest BCUT2D eigenvalue weighted by molar-refractivity contribution is 0.668. The molecule has 0 spiro atoms. The maximum Gasteiger partial charge on any atom is 0.160 e. The monoisotopic (exact) mass is 759 g/mol. The third kappa shape index (κ3) is 5.27. The highest BCUT2D eigenvalue weighted by molar-refractivity contribution is 7.25. The number of rotatable bonds is 6. The zero-order chi connectivity index (χ0) is 38.2. The minimum absolute atomic E-state index is 0.850. The van der Waals surface area contributed by atoms with Crippen LogP contribution in [-0.2, 0) is 0 Å². The van der Waals surface area contributed by atoms with Crippen LogP contribution in [0.3, 0.4) is 0 Å². The fourth-order valence-corrected chi connectivity index (χ4v) is 9.76. The Morgan fingerprint density at radius 3 is 1.59 bits per heavy atom. The standard InChI is InChI=1S/C54H33NO2S/c1-2-10-36(11-3-1)41-28-29-45-42-12-4-8-16-49(42)57-54(45)53(41)55(39-24-18-34(19-25-39)37-22-30-50-46(32-37)43-13-5-7-15-48(43)56-50)40-26-20-35(21-27-40)38-23-31-52-47(33-38)44-14-6-9-17-51(44)58-52/h1-33H. The van der Waals surface area contributed by atoms with Crippen LogP contribution >= 0.6 is 11.3 Å². The zero-order valence-corrected chi connectivity index (χ0v) is 32.0. The zero-order valence-electron chi connectivity index (χ0n) is 31.2. The van der Waals surface area contributed by atoms with Gasteiger partial charge in [-0.3, -0.25) is 0 Å². The van der Waals surface area contributed by atoms with Gasteiger partial charge in [0.1, 0.15) is 16.7 Å². The first-order valence-corrected chi connectivity index (χ1v) is 20.4. The van der Waals surface area contributed by atoms with Crippen LogP contribution in [0.15, 0.2) is 209 Å². The summed E-state index contributed by atoms with van der Waals surface area (Å²) in [7, 11) is 0. The average Bonchev–Trinajstić information content (AvgIpc) is 3.98. The summed E-state index contributed by atoms with van der Waals surface area (Å²) in [5, 5.41) is 7.04. The molecular weight excluding hydrogens is 727 g/mol. The number of hydrogen-bond donors (Lipinski definition) is 0. The van der Waals surface area contributed by atoms with Gasteiger partial charge in [-0.05, 0) is 101 Å². The Morgan fingerprint density at radius 1 is 0.328 bits per heavy atom. The molecule has 0 unspecified atom stereocenters. The molecule has 0 saturated carbocycles. The predicted molar refractivity (Wildman–Crippen MR) is 245 cm³/mol. The SMILES string of the molecule is c1ccc(-c2ccc3c(oc4ccccc43)c2N(c2ccc(-c3ccc4oc5ccccc5c4c3)cc2)c2ccc(-c3ccc4sc5ccccc5c4c3)cc2)cc1. The van der Waals surface area contributed by atoms with Gasteiger partial charge < -0.3 is 13.7 Å².